The second-order valence-corrected chi connectivity index (χ2v) is 5.73. The summed E-state index contributed by atoms with van der Waals surface area (Å²) in [5, 5.41) is 0. The van der Waals surface area contributed by atoms with E-state index in [9.17, 15) is 4.79 Å². The first kappa shape index (κ1) is 12.7. The molecule has 2 atom stereocenters. The Balaban J connectivity index is 1.42. The van der Waals surface area contributed by atoms with Crippen molar-refractivity contribution in [2.75, 3.05) is 19.7 Å². The highest BCUT2D eigenvalue weighted by Crippen LogP contribution is 2.37. The molecule has 0 aromatic heterocycles. The number of rotatable bonds is 4. The number of likely N-dealkylation sites (tertiary alicyclic amines) is 1. The first-order valence-electron chi connectivity index (χ1n) is 7.22. The molecule has 2 fully saturated rings. The largest absolute Gasteiger partial charge is 0.367 e. The standard InChI is InChI=1S/C16H21NO2/c18-16(12-19-11-13-5-2-1-3-6-13)17-9-14-7-4-8-15(14)10-17/h1-3,5-6,14-15H,4,7-12H2. The average Bonchev–Trinajstić information content (AvgIpc) is 3.00. The Bertz CT molecular complexity index is 420. The molecule has 1 saturated heterocycles. The maximum absolute atomic E-state index is 12.1. The fourth-order valence-corrected chi connectivity index (χ4v) is 3.36. The van der Waals surface area contributed by atoms with Crippen LogP contribution in [0.3, 0.4) is 0 Å². The SMILES string of the molecule is O=C(COCc1ccccc1)N1CC2CCCC2C1. The minimum Gasteiger partial charge on any atom is -0.367 e. The molecule has 0 radical (unpaired) electrons. The molecule has 1 saturated carbocycles. The molecule has 1 aromatic carbocycles. The molecule has 1 amide bonds. The number of hydrogen-bond acceptors (Lipinski definition) is 2. The fourth-order valence-electron chi connectivity index (χ4n) is 3.36. The summed E-state index contributed by atoms with van der Waals surface area (Å²) in [5.74, 6) is 1.68. The summed E-state index contributed by atoms with van der Waals surface area (Å²) in [5.41, 5.74) is 1.12. The topological polar surface area (TPSA) is 29.5 Å². The van der Waals surface area contributed by atoms with Gasteiger partial charge in [-0.3, -0.25) is 4.79 Å². The van der Waals surface area contributed by atoms with E-state index in [4.69, 9.17) is 4.74 Å². The van der Waals surface area contributed by atoms with Gasteiger partial charge in [-0.1, -0.05) is 36.8 Å². The smallest absolute Gasteiger partial charge is 0.248 e. The molecular weight excluding hydrogens is 238 g/mol. The van der Waals surface area contributed by atoms with Crippen molar-refractivity contribution in [2.45, 2.75) is 25.9 Å². The Kier molecular flexibility index (Phi) is 3.83. The molecule has 19 heavy (non-hydrogen) atoms. The molecular formula is C16H21NO2. The molecule has 1 heterocycles. The minimum absolute atomic E-state index is 0.158. The van der Waals surface area contributed by atoms with Gasteiger partial charge >= 0.3 is 0 Å². The second-order valence-electron chi connectivity index (χ2n) is 5.73. The van der Waals surface area contributed by atoms with Gasteiger partial charge in [0.2, 0.25) is 5.91 Å². The van der Waals surface area contributed by atoms with Gasteiger partial charge < -0.3 is 9.64 Å². The van der Waals surface area contributed by atoms with E-state index in [-0.39, 0.29) is 12.5 Å². The van der Waals surface area contributed by atoms with E-state index >= 15 is 0 Å². The molecule has 102 valence electrons. The quantitative estimate of drug-likeness (QED) is 0.831. The summed E-state index contributed by atoms with van der Waals surface area (Å²) in [7, 11) is 0. The molecule has 1 aliphatic carbocycles. The lowest BCUT2D eigenvalue weighted by atomic mass is 10.0. The molecule has 0 N–H and O–H groups in total. The van der Waals surface area contributed by atoms with E-state index in [2.05, 4.69) is 0 Å². The first-order valence-corrected chi connectivity index (χ1v) is 7.22. The highest BCUT2D eigenvalue weighted by molar-refractivity contribution is 5.77. The van der Waals surface area contributed by atoms with Crippen LogP contribution in [0.25, 0.3) is 0 Å². The molecule has 1 aromatic rings. The van der Waals surface area contributed by atoms with Crippen LogP contribution in [-0.2, 0) is 16.1 Å². The van der Waals surface area contributed by atoms with Crippen molar-refractivity contribution in [2.24, 2.45) is 11.8 Å². The van der Waals surface area contributed by atoms with E-state index in [1.165, 1.54) is 19.3 Å². The summed E-state index contributed by atoms with van der Waals surface area (Å²) in [6, 6.07) is 10.00. The minimum atomic E-state index is 0.158. The van der Waals surface area contributed by atoms with Crippen LogP contribution in [0.2, 0.25) is 0 Å². The van der Waals surface area contributed by atoms with Crippen LogP contribution in [0.5, 0.6) is 0 Å². The van der Waals surface area contributed by atoms with Crippen molar-refractivity contribution >= 4 is 5.91 Å². The predicted octanol–water partition coefficient (Wildman–Crippen LogP) is 2.46. The Morgan fingerprint density at radius 3 is 2.53 bits per heavy atom. The summed E-state index contributed by atoms with van der Waals surface area (Å²) < 4.78 is 5.52. The maximum atomic E-state index is 12.1. The molecule has 3 heteroatoms. The van der Waals surface area contributed by atoms with Crippen molar-refractivity contribution in [1.29, 1.82) is 0 Å². The second kappa shape index (κ2) is 5.74. The number of carbonyl (C=O) groups is 1. The number of fused-ring (bicyclic) bond motifs is 1. The lowest BCUT2D eigenvalue weighted by Gasteiger charge is -2.17. The van der Waals surface area contributed by atoms with Gasteiger partial charge in [0.15, 0.2) is 0 Å². The number of ether oxygens (including phenoxy) is 1. The molecule has 0 bridgehead atoms. The highest BCUT2D eigenvalue weighted by Gasteiger charge is 2.37. The summed E-state index contributed by atoms with van der Waals surface area (Å²) in [6.07, 6.45) is 3.96. The third-order valence-corrected chi connectivity index (χ3v) is 4.42. The zero-order valence-corrected chi connectivity index (χ0v) is 11.3. The van der Waals surface area contributed by atoms with Crippen molar-refractivity contribution in [3.63, 3.8) is 0 Å². The summed E-state index contributed by atoms with van der Waals surface area (Å²) in [6.45, 7) is 2.65. The third kappa shape index (κ3) is 2.98. The monoisotopic (exact) mass is 259 g/mol. The van der Waals surface area contributed by atoms with Crippen molar-refractivity contribution < 1.29 is 9.53 Å². The van der Waals surface area contributed by atoms with E-state index < -0.39 is 0 Å². The number of hydrogen-bond donors (Lipinski definition) is 0. The van der Waals surface area contributed by atoms with E-state index in [1.54, 1.807) is 0 Å². The zero-order valence-electron chi connectivity index (χ0n) is 11.3. The number of nitrogens with zero attached hydrogens (tertiary/aromatic N) is 1. The molecule has 3 nitrogen and oxygen atoms in total. The Morgan fingerprint density at radius 1 is 1.16 bits per heavy atom. The van der Waals surface area contributed by atoms with Gasteiger partial charge in [-0.25, -0.2) is 0 Å². The third-order valence-electron chi connectivity index (χ3n) is 4.42. The number of benzene rings is 1. The Morgan fingerprint density at radius 2 is 1.84 bits per heavy atom. The molecule has 2 unspecified atom stereocenters. The van der Waals surface area contributed by atoms with Gasteiger partial charge in [0.25, 0.3) is 0 Å². The predicted molar refractivity (Wildman–Crippen MR) is 73.5 cm³/mol. The number of carbonyl (C=O) groups excluding carboxylic acids is 1. The molecule has 0 spiro atoms. The van der Waals surface area contributed by atoms with Crippen LogP contribution < -0.4 is 0 Å². The zero-order chi connectivity index (χ0) is 13.1. The van der Waals surface area contributed by atoms with Gasteiger partial charge in [0, 0.05) is 13.1 Å². The Hall–Kier alpha value is -1.35. The van der Waals surface area contributed by atoms with Gasteiger partial charge in [-0.2, -0.15) is 0 Å². The maximum Gasteiger partial charge on any atom is 0.248 e. The Labute approximate surface area is 114 Å². The van der Waals surface area contributed by atoms with E-state index in [0.29, 0.717) is 6.61 Å². The van der Waals surface area contributed by atoms with E-state index in [1.807, 2.05) is 35.2 Å². The van der Waals surface area contributed by atoms with Gasteiger partial charge in [-0.15, -0.1) is 0 Å². The number of amides is 1. The summed E-state index contributed by atoms with van der Waals surface area (Å²) >= 11 is 0. The normalized spacial score (nSPS) is 25.6. The van der Waals surface area contributed by atoms with Gasteiger partial charge in [0.05, 0.1) is 6.61 Å². The molecule has 2 aliphatic rings. The van der Waals surface area contributed by atoms with Crippen LogP contribution in [0.4, 0.5) is 0 Å². The van der Waals surface area contributed by atoms with Gasteiger partial charge in [0.1, 0.15) is 6.61 Å². The van der Waals surface area contributed by atoms with Crippen LogP contribution in [-0.4, -0.2) is 30.5 Å². The van der Waals surface area contributed by atoms with Crippen LogP contribution in [0.15, 0.2) is 30.3 Å². The molecule has 1 aliphatic heterocycles. The van der Waals surface area contributed by atoms with Crippen LogP contribution >= 0.6 is 0 Å². The van der Waals surface area contributed by atoms with Gasteiger partial charge in [-0.05, 0) is 30.2 Å². The van der Waals surface area contributed by atoms with Crippen LogP contribution in [0.1, 0.15) is 24.8 Å². The summed E-state index contributed by atoms with van der Waals surface area (Å²) in [4.78, 5) is 14.1. The highest BCUT2D eigenvalue weighted by atomic mass is 16.5. The lowest BCUT2D eigenvalue weighted by Crippen LogP contribution is -2.32. The van der Waals surface area contributed by atoms with Crippen LogP contribution in [0, 0.1) is 11.8 Å². The van der Waals surface area contributed by atoms with Crippen molar-refractivity contribution in [3.8, 4) is 0 Å². The fraction of sp³-hybridized carbons (Fsp3) is 0.562. The average molecular weight is 259 g/mol. The molecule has 3 rings (SSSR count). The van der Waals surface area contributed by atoms with Crippen molar-refractivity contribution in [3.05, 3.63) is 35.9 Å². The lowest BCUT2D eigenvalue weighted by molar-refractivity contribution is -0.135. The van der Waals surface area contributed by atoms with E-state index in [0.717, 1.165) is 30.5 Å². The first-order chi connectivity index (χ1) is 9.33. The van der Waals surface area contributed by atoms with Crippen molar-refractivity contribution in [1.82, 2.24) is 4.90 Å².